The number of hydrogen-bond donors (Lipinski definition) is 2. The Hall–Kier alpha value is -1.85. The number of amides is 1. The Labute approximate surface area is 125 Å². The summed E-state index contributed by atoms with van der Waals surface area (Å²) in [6.45, 7) is 6.60. The molecule has 116 valence electrons. The smallest absolute Gasteiger partial charge is 0.407 e. The van der Waals surface area contributed by atoms with Crippen LogP contribution < -0.4 is 10.6 Å². The Morgan fingerprint density at radius 1 is 1.33 bits per heavy atom. The van der Waals surface area contributed by atoms with Crippen LogP contribution in [0.2, 0.25) is 0 Å². The van der Waals surface area contributed by atoms with Crippen molar-refractivity contribution in [3.8, 4) is 0 Å². The normalized spacial score (nSPS) is 15.2. The maximum absolute atomic E-state index is 11.5. The minimum Gasteiger partial charge on any atom is -0.444 e. The van der Waals surface area contributed by atoms with Gasteiger partial charge in [-0.2, -0.15) is 0 Å². The third-order valence-electron chi connectivity index (χ3n) is 3.31. The van der Waals surface area contributed by atoms with Gasteiger partial charge in [0.1, 0.15) is 17.7 Å². The van der Waals surface area contributed by atoms with Gasteiger partial charge in [0, 0.05) is 30.8 Å². The van der Waals surface area contributed by atoms with E-state index < -0.39 is 11.7 Å². The largest absolute Gasteiger partial charge is 0.444 e. The lowest BCUT2D eigenvalue weighted by Crippen LogP contribution is -2.35. The van der Waals surface area contributed by atoms with Crippen LogP contribution in [0.15, 0.2) is 12.4 Å². The zero-order valence-electron chi connectivity index (χ0n) is 13.0. The molecular weight excluding hydrogens is 268 g/mol. The third kappa shape index (κ3) is 5.21. The summed E-state index contributed by atoms with van der Waals surface area (Å²) in [6, 6.07) is 2.00. The van der Waals surface area contributed by atoms with E-state index in [1.165, 1.54) is 19.3 Å². The summed E-state index contributed by atoms with van der Waals surface area (Å²) in [5, 5.41) is 5.89. The summed E-state index contributed by atoms with van der Waals surface area (Å²) in [7, 11) is 0. The van der Waals surface area contributed by atoms with Gasteiger partial charge in [0.05, 0.1) is 0 Å². The molecule has 1 amide bonds. The van der Waals surface area contributed by atoms with Crippen molar-refractivity contribution in [3.63, 3.8) is 0 Å². The van der Waals surface area contributed by atoms with E-state index in [-0.39, 0.29) is 0 Å². The summed E-state index contributed by atoms with van der Waals surface area (Å²) >= 11 is 0. The molecule has 0 bridgehead atoms. The SMILES string of the molecule is CC(C)(C)OC(=O)NCCNc1cc(C2CCC2)ncn1. The molecular formula is C15H24N4O2. The van der Waals surface area contributed by atoms with E-state index in [1.54, 1.807) is 6.33 Å². The number of nitrogens with zero attached hydrogens (tertiary/aromatic N) is 2. The van der Waals surface area contributed by atoms with Crippen LogP contribution in [-0.4, -0.2) is 34.8 Å². The zero-order chi connectivity index (χ0) is 15.3. The minimum atomic E-state index is -0.470. The van der Waals surface area contributed by atoms with E-state index in [0.29, 0.717) is 19.0 Å². The monoisotopic (exact) mass is 292 g/mol. The van der Waals surface area contributed by atoms with E-state index in [9.17, 15) is 4.79 Å². The van der Waals surface area contributed by atoms with Gasteiger partial charge in [-0.1, -0.05) is 6.42 Å². The van der Waals surface area contributed by atoms with Crippen molar-refractivity contribution in [1.29, 1.82) is 0 Å². The number of hydrogen-bond acceptors (Lipinski definition) is 5. The van der Waals surface area contributed by atoms with Crippen LogP contribution in [-0.2, 0) is 4.74 Å². The van der Waals surface area contributed by atoms with Gasteiger partial charge in [-0.25, -0.2) is 14.8 Å². The van der Waals surface area contributed by atoms with E-state index in [4.69, 9.17) is 4.74 Å². The Bertz CT molecular complexity index is 481. The number of aromatic nitrogens is 2. The predicted octanol–water partition coefficient (Wildman–Crippen LogP) is 2.68. The highest BCUT2D eigenvalue weighted by Crippen LogP contribution is 2.35. The van der Waals surface area contributed by atoms with Gasteiger partial charge in [-0.05, 0) is 33.6 Å². The summed E-state index contributed by atoms with van der Waals surface area (Å²) < 4.78 is 5.16. The molecule has 1 fully saturated rings. The van der Waals surface area contributed by atoms with Crippen molar-refractivity contribution >= 4 is 11.9 Å². The number of anilines is 1. The second-order valence-electron chi connectivity index (χ2n) is 6.31. The molecule has 1 aromatic rings. The van der Waals surface area contributed by atoms with Crippen LogP contribution in [0.4, 0.5) is 10.6 Å². The summed E-state index contributed by atoms with van der Waals surface area (Å²) in [5.41, 5.74) is 0.640. The first-order valence-corrected chi connectivity index (χ1v) is 7.47. The molecule has 0 unspecified atom stereocenters. The van der Waals surface area contributed by atoms with Crippen LogP contribution in [0.25, 0.3) is 0 Å². The molecule has 6 nitrogen and oxygen atoms in total. The topological polar surface area (TPSA) is 76.1 Å². The highest BCUT2D eigenvalue weighted by molar-refractivity contribution is 5.67. The second-order valence-corrected chi connectivity index (χ2v) is 6.31. The molecule has 0 radical (unpaired) electrons. The van der Waals surface area contributed by atoms with E-state index in [2.05, 4.69) is 20.6 Å². The fraction of sp³-hybridized carbons (Fsp3) is 0.667. The van der Waals surface area contributed by atoms with Crippen LogP contribution >= 0.6 is 0 Å². The summed E-state index contributed by atoms with van der Waals surface area (Å²) in [4.78, 5) is 20.0. The van der Waals surface area contributed by atoms with E-state index in [0.717, 1.165) is 11.5 Å². The quantitative estimate of drug-likeness (QED) is 0.816. The molecule has 0 atom stereocenters. The highest BCUT2D eigenvalue weighted by Gasteiger charge is 2.21. The third-order valence-corrected chi connectivity index (χ3v) is 3.31. The molecule has 1 saturated carbocycles. The fourth-order valence-electron chi connectivity index (χ4n) is 2.07. The van der Waals surface area contributed by atoms with Gasteiger partial charge < -0.3 is 15.4 Å². The first kappa shape index (κ1) is 15.5. The average Bonchev–Trinajstić information content (AvgIpc) is 2.31. The average molecular weight is 292 g/mol. The maximum atomic E-state index is 11.5. The van der Waals surface area contributed by atoms with Crippen LogP contribution in [0.3, 0.4) is 0 Å². The lowest BCUT2D eigenvalue weighted by molar-refractivity contribution is 0.0530. The molecule has 0 saturated heterocycles. The molecule has 1 aromatic heterocycles. The number of carbonyl (C=O) groups is 1. The fourth-order valence-corrected chi connectivity index (χ4v) is 2.07. The lowest BCUT2D eigenvalue weighted by Gasteiger charge is -2.24. The number of ether oxygens (including phenoxy) is 1. The van der Waals surface area contributed by atoms with Crippen LogP contribution in [0, 0.1) is 0 Å². The van der Waals surface area contributed by atoms with Gasteiger partial charge in [0.2, 0.25) is 0 Å². The minimum absolute atomic E-state index is 0.401. The molecule has 2 N–H and O–H groups in total. The first-order valence-electron chi connectivity index (χ1n) is 7.47. The molecule has 1 aliphatic carbocycles. The number of rotatable bonds is 5. The Morgan fingerprint density at radius 3 is 2.71 bits per heavy atom. The standard InChI is InChI=1S/C15H24N4O2/c1-15(2,3)21-14(20)17-8-7-16-13-9-12(18-10-19-13)11-5-4-6-11/h9-11H,4-8H2,1-3H3,(H,17,20)(H,16,18,19). The Kier molecular flexibility index (Phi) is 4.98. The number of alkyl carbamates (subject to hydrolysis) is 1. The number of carbonyl (C=O) groups excluding carboxylic acids is 1. The molecule has 0 spiro atoms. The molecule has 21 heavy (non-hydrogen) atoms. The van der Waals surface area contributed by atoms with Crippen molar-refractivity contribution in [1.82, 2.24) is 15.3 Å². The Morgan fingerprint density at radius 2 is 2.10 bits per heavy atom. The highest BCUT2D eigenvalue weighted by atomic mass is 16.6. The maximum Gasteiger partial charge on any atom is 0.407 e. The number of nitrogens with one attached hydrogen (secondary N) is 2. The summed E-state index contributed by atoms with van der Waals surface area (Å²) in [6.07, 6.45) is 4.92. The molecule has 2 rings (SSSR count). The molecule has 0 aliphatic heterocycles. The van der Waals surface area contributed by atoms with Crippen molar-refractivity contribution < 1.29 is 9.53 Å². The van der Waals surface area contributed by atoms with Gasteiger partial charge in [-0.3, -0.25) is 0 Å². The van der Waals surface area contributed by atoms with Gasteiger partial charge >= 0.3 is 6.09 Å². The predicted molar refractivity (Wildman–Crippen MR) is 81.4 cm³/mol. The van der Waals surface area contributed by atoms with Crippen LogP contribution in [0.5, 0.6) is 0 Å². The lowest BCUT2D eigenvalue weighted by atomic mass is 9.83. The van der Waals surface area contributed by atoms with E-state index in [1.807, 2.05) is 26.8 Å². The van der Waals surface area contributed by atoms with Gasteiger partial charge in [-0.15, -0.1) is 0 Å². The molecule has 0 aromatic carbocycles. The molecule has 6 heteroatoms. The van der Waals surface area contributed by atoms with Crippen molar-refractivity contribution in [2.45, 2.75) is 51.6 Å². The molecule has 1 heterocycles. The Balaban J connectivity index is 1.70. The summed E-state index contributed by atoms with van der Waals surface area (Å²) in [5.74, 6) is 1.39. The van der Waals surface area contributed by atoms with Gasteiger partial charge in [0.25, 0.3) is 0 Å². The first-order chi connectivity index (χ1) is 9.94. The van der Waals surface area contributed by atoms with Crippen molar-refractivity contribution in [2.24, 2.45) is 0 Å². The zero-order valence-corrected chi connectivity index (χ0v) is 13.0. The van der Waals surface area contributed by atoms with Crippen LogP contribution in [0.1, 0.15) is 51.6 Å². The van der Waals surface area contributed by atoms with Crippen molar-refractivity contribution in [3.05, 3.63) is 18.1 Å². The van der Waals surface area contributed by atoms with Crippen molar-refractivity contribution in [2.75, 3.05) is 18.4 Å². The second kappa shape index (κ2) is 6.74. The van der Waals surface area contributed by atoms with Gasteiger partial charge in [0.15, 0.2) is 0 Å². The van der Waals surface area contributed by atoms with E-state index >= 15 is 0 Å². The molecule has 1 aliphatic rings.